The first kappa shape index (κ1) is 10.6. The van der Waals surface area contributed by atoms with Gasteiger partial charge in [-0.15, -0.1) is 11.8 Å². The molecule has 0 unspecified atom stereocenters. The molecule has 0 aliphatic carbocycles. The molecule has 0 aliphatic heterocycles. The molecule has 1 aromatic rings. The first-order valence-electron chi connectivity index (χ1n) is 4.10. The Morgan fingerprint density at radius 2 is 2.00 bits per heavy atom. The third kappa shape index (κ3) is 3.80. The monoisotopic (exact) mass is 208 g/mol. The highest BCUT2D eigenvalue weighted by Gasteiger charge is 1.88. The fourth-order valence-electron chi connectivity index (χ4n) is 0.895. The van der Waals surface area contributed by atoms with Crippen LogP contribution in [0.15, 0.2) is 29.2 Å². The van der Waals surface area contributed by atoms with Crippen LogP contribution in [0.1, 0.15) is 12.0 Å². The Kier molecular flexibility index (Phi) is 4.88. The molecule has 2 heteroatoms. The number of thioether (sulfide) groups is 1. The van der Waals surface area contributed by atoms with E-state index in [9.17, 15) is 0 Å². The van der Waals surface area contributed by atoms with Crippen LogP contribution in [0.3, 0.4) is 0 Å². The van der Waals surface area contributed by atoms with Crippen molar-refractivity contribution in [3.63, 3.8) is 0 Å². The highest BCUT2D eigenvalue weighted by atomic mass is 32.2. The van der Waals surface area contributed by atoms with Crippen molar-refractivity contribution in [2.45, 2.75) is 11.3 Å². The molecule has 0 fully saturated rings. The Bertz CT molecular complexity index is 303. The lowest BCUT2D eigenvalue weighted by atomic mass is 10.2. The number of rotatable bonds is 2. The minimum atomic E-state index is 0.829. The molecule has 0 N–H and O–H groups in total. The summed E-state index contributed by atoms with van der Waals surface area (Å²) >= 11 is 5.84. The third-order valence-corrected chi connectivity index (χ3v) is 2.53. The average molecular weight is 208 g/mol. The van der Waals surface area contributed by atoms with E-state index in [-0.39, 0.29) is 0 Å². The Morgan fingerprint density at radius 1 is 1.31 bits per heavy atom. The first-order valence-corrected chi connectivity index (χ1v) is 5.96. The molecule has 1 rings (SSSR count). The topological polar surface area (TPSA) is 0 Å². The molecule has 0 saturated carbocycles. The Labute approximate surface area is 89.5 Å². The van der Waals surface area contributed by atoms with Gasteiger partial charge in [0.1, 0.15) is 0 Å². The zero-order chi connectivity index (χ0) is 9.52. The van der Waals surface area contributed by atoms with Gasteiger partial charge in [-0.3, -0.25) is 0 Å². The quantitative estimate of drug-likeness (QED) is 0.443. The van der Waals surface area contributed by atoms with Gasteiger partial charge in [0.2, 0.25) is 0 Å². The van der Waals surface area contributed by atoms with Crippen molar-refractivity contribution in [1.29, 1.82) is 0 Å². The van der Waals surface area contributed by atoms with Crippen molar-refractivity contribution < 1.29 is 0 Å². The van der Waals surface area contributed by atoms with Crippen LogP contribution >= 0.6 is 24.4 Å². The molecule has 0 heterocycles. The van der Waals surface area contributed by atoms with Gasteiger partial charge >= 0.3 is 0 Å². The SMILES string of the molecule is CSc1ccc(C#CCCS)cc1. The van der Waals surface area contributed by atoms with Crippen LogP contribution in [-0.4, -0.2) is 12.0 Å². The summed E-state index contributed by atoms with van der Waals surface area (Å²) in [6.07, 6.45) is 2.93. The van der Waals surface area contributed by atoms with Gasteiger partial charge < -0.3 is 0 Å². The van der Waals surface area contributed by atoms with E-state index in [4.69, 9.17) is 0 Å². The fraction of sp³-hybridized carbons (Fsp3) is 0.273. The normalized spacial score (nSPS) is 9.08. The van der Waals surface area contributed by atoms with Gasteiger partial charge in [0.15, 0.2) is 0 Å². The second-order valence-electron chi connectivity index (χ2n) is 2.50. The maximum Gasteiger partial charge on any atom is 0.0246 e. The summed E-state index contributed by atoms with van der Waals surface area (Å²) in [6.45, 7) is 0. The van der Waals surface area contributed by atoms with E-state index in [1.165, 1.54) is 4.90 Å². The molecule has 0 amide bonds. The smallest absolute Gasteiger partial charge is 0.0246 e. The van der Waals surface area contributed by atoms with Gasteiger partial charge in [-0.25, -0.2) is 0 Å². The van der Waals surface area contributed by atoms with E-state index in [1.54, 1.807) is 11.8 Å². The standard InChI is InChI=1S/C11H12S2/c1-13-11-7-5-10(6-8-11)4-2-3-9-12/h5-8,12H,3,9H2,1H3. The van der Waals surface area contributed by atoms with Gasteiger partial charge in [-0.1, -0.05) is 11.8 Å². The molecule has 0 nitrogen and oxygen atoms in total. The first-order chi connectivity index (χ1) is 6.36. The largest absolute Gasteiger partial charge is 0.178 e. The summed E-state index contributed by atoms with van der Waals surface area (Å²) in [5.74, 6) is 6.97. The van der Waals surface area contributed by atoms with Gasteiger partial charge in [-0.2, -0.15) is 12.6 Å². The second-order valence-corrected chi connectivity index (χ2v) is 3.83. The van der Waals surface area contributed by atoms with E-state index in [0.717, 1.165) is 17.7 Å². The minimum absolute atomic E-state index is 0.829. The molecular formula is C11H12S2. The number of benzene rings is 1. The summed E-state index contributed by atoms with van der Waals surface area (Å²) in [6, 6.07) is 8.29. The lowest BCUT2D eigenvalue weighted by Gasteiger charge is -1.94. The Morgan fingerprint density at radius 3 is 2.54 bits per heavy atom. The van der Waals surface area contributed by atoms with Crippen molar-refractivity contribution in [2.24, 2.45) is 0 Å². The van der Waals surface area contributed by atoms with E-state index < -0.39 is 0 Å². The van der Waals surface area contributed by atoms with Crippen molar-refractivity contribution in [2.75, 3.05) is 12.0 Å². The molecule has 0 bridgehead atoms. The molecule has 0 radical (unpaired) electrons. The van der Waals surface area contributed by atoms with Crippen molar-refractivity contribution in [3.8, 4) is 11.8 Å². The predicted octanol–water partition coefficient (Wildman–Crippen LogP) is 3.08. The molecule has 0 aliphatic rings. The van der Waals surface area contributed by atoms with Crippen molar-refractivity contribution >= 4 is 24.4 Å². The lowest BCUT2D eigenvalue weighted by Crippen LogP contribution is -1.75. The van der Waals surface area contributed by atoms with Crippen LogP contribution in [0.4, 0.5) is 0 Å². The van der Waals surface area contributed by atoms with E-state index in [2.05, 4.69) is 55.0 Å². The molecule has 0 atom stereocenters. The Balaban J connectivity index is 2.65. The van der Waals surface area contributed by atoms with Crippen molar-refractivity contribution in [3.05, 3.63) is 29.8 Å². The molecule has 0 saturated heterocycles. The van der Waals surface area contributed by atoms with Gasteiger partial charge in [0, 0.05) is 22.6 Å². The molecule has 1 aromatic carbocycles. The third-order valence-electron chi connectivity index (χ3n) is 1.56. The highest BCUT2D eigenvalue weighted by molar-refractivity contribution is 7.98. The zero-order valence-corrected chi connectivity index (χ0v) is 9.29. The van der Waals surface area contributed by atoms with E-state index in [0.29, 0.717) is 0 Å². The van der Waals surface area contributed by atoms with Crippen LogP contribution < -0.4 is 0 Å². The lowest BCUT2D eigenvalue weighted by molar-refractivity contribution is 1.31. The zero-order valence-electron chi connectivity index (χ0n) is 7.58. The van der Waals surface area contributed by atoms with Crippen LogP contribution in [0.2, 0.25) is 0 Å². The van der Waals surface area contributed by atoms with Crippen LogP contribution in [0.5, 0.6) is 0 Å². The summed E-state index contributed by atoms with van der Waals surface area (Å²) in [7, 11) is 0. The van der Waals surface area contributed by atoms with E-state index >= 15 is 0 Å². The minimum Gasteiger partial charge on any atom is -0.178 e. The Hall–Kier alpha value is -0.520. The fourth-order valence-corrected chi connectivity index (χ4v) is 1.41. The van der Waals surface area contributed by atoms with Crippen LogP contribution in [0, 0.1) is 11.8 Å². The molecule has 0 spiro atoms. The summed E-state index contributed by atoms with van der Waals surface area (Å²) < 4.78 is 0. The average Bonchev–Trinajstić information content (AvgIpc) is 2.19. The molecule has 68 valence electrons. The summed E-state index contributed by atoms with van der Waals surface area (Å²) in [5, 5.41) is 0. The van der Waals surface area contributed by atoms with Gasteiger partial charge in [-0.05, 0) is 30.5 Å². The summed E-state index contributed by atoms with van der Waals surface area (Å²) in [5.41, 5.74) is 1.08. The maximum atomic E-state index is 4.09. The van der Waals surface area contributed by atoms with Crippen LogP contribution in [0.25, 0.3) is 0 Å². The van der Waals surface area contributed by atoms with Crippen molar-refractivity contribution in [1.82, 2.24) is 0 Å². The molecule has 13 heavy (non-hydrogen) atoms. The summed E-state index contributed by atoms with van der Waals surface area (Å²) in [4.78, 5) is 1.28. The van der Waals surface area contributed by atoms with Gasteiger partial charge in [0.25, 0.3) is 0 Å². The maximum absolute atomic E-state index is 4.09. The second kappa shape index (κ2) is 6.01. The van der Waals surface area contributed by atoms with Crippen LogP contribution in [-0.2, 0) is 0 Å². The predicted molar refractivity (Wildman–Crippen MR) is 63.6 cm³/mol. The van der Waals surface area contributed by atoms with E-state index in [1.807, 2.05) is 0 Å². The number of thiol groups is 1. The number of hydrogen-bond donors (Lipinski definition) is 1. The highest BCUT2D eigenvalue weighted by Crippen LogP contribution is 2.14. The van der Waals surface area contributed by atoms with Gasteiger partial charge in [0.05, 0.1) is 0 Å². The molecular weight excluding hydrogens is 196 g/mol. The molecule has 0 aromatic heterocycles. The number of hydrogen-bond acceptors (Lipinski definition) is 2.